The fraction of sp³-hybridized carbons (Fsp3) is 0.333. The number of hydrogen-bond donors (Lipinski definition) is 3. The van der Waals surface area contributed by atoms with E-state index in [2.05, 4.69) is 10.6 Å². The molecule has 3 rings (SSSR count). The van der Waals surface area contributed by atoms with Crippen LogP contribution in [0.4, 0.5) is 24.5 Å². The third-order valence-electron chi connectivity index (χ3n) is 5.09. The molecular formula is C24H25F3N2O4. The third-order valence-corrected chi connectivity index (χ3v) is 5.09. The maximum atomic E-state index is 14.8. The maximum Gasteiger partial charge on any atom is 0.229 e. The number of halogens is 3. The van der Waals surface area contributed by atoms with Gasteiger partial charge in [0.05, 0.1) is 16.8 Å². The lowest BCUT2D eigenvalue weighted by Crippen LogP contribution is -2.28. The standard InChI is InChI=1S/C24H25F3N2O4/c1-12-19(26)21(28-8-5-9-30)18-16(31)11-17(33-22(18)20(12)27)13-6-7-15(14(25)10-13)29-23(32)24(2,3)4/h6-7,10-11,28,30H,5,8-9H2,1-4H3,(H,29,32). The average Bonchev–Trinajstić information content (AvgIpc) is 2.75. The van der Waals surface area contributed by atoms with Crippen molar-refractivity contribution >= 4 is 28.3 Å². The molecule has 2 aromatic carbocycles. The van der Waals surface area contributed by atoms with Crippen LogP contribution in [-0.2, 0) is 4.79 Å². The second-order valence-corrected chi connectivity index (χ2v) is 8.71. The van der Waals surface area contributed by atoms with Gasteiger partial charge in [0.25, 0.3) is 0 Å². The Morgan fingerprint density at radius 2 is 1.82 bits per heavy atom. The van der Waals surface area contributed by atoms with Crippen LogP contribution in [0.5, 0.6) is 0 Å². The van der Waals surface area contributed by atoms with Crippen LogP contribution in [-0.4, -0.2) is 24.2 Å². The summed E-state index contributed by atoms with van der Waals surface area (Å²) in [5.41, 5.74) is -2.40. The van der Waals surface area contributed by atoms with Gasteiger partial charge in [0.15, 0.2) is 22.6 Å². The Morgan fingerprint density at radius 1 is 1.12 bits per heavy atom. The fourth-order valence-corrected chi connectivity index (χ4v) is 3.13. The summed E-state index contributed by atoms with van der Waals surface area (Å²) in [7, 11) is 0. The number of fused-ring (bicyclic) bond motifs is 1. The van der Waals surface area contributed by atoms with Crippen molar-refractivity contribution in [3.63, 3.8) is 0 Å². The summed E-state index contributed by atoms with van der Waals surface area (Å²) in [5.74, 6) is -3.24. The molecule has 176 valence electrons. The molecule has 0 aliphatic rings. The second-order valence-electron chi connectivity index (χ2n) is 8.71. The summed E-state index contributed by atoms with van der Waals surface area (Å²) in [6, 6.07) is 4.81. The molecule has 0 fully saturated rings. The van der Waals surface area contributed by atoms with Crippen LogP contribution in [0.25, 0.3) is 22.3 Å². The molecule has 33 heavy (non-hydrogen) atoms. The minimum absolute atomic E-state index is 0.0544. The monoisotopic (exact) mass is 462 g/mol. The van der Waals surface area contributed by atoms with Crippen molar-refractivity contribution < 1.29 is 27.5 Å². The van der Waals surface area contributed by atoms with E-state index in [1.54, 1.807) is 20.8 Å². The molecule has 0 aliphatic heterocycles. The Morgan fingerprint density at radius 3 is 2.42 bits per heavy atom. The molecule has 3 aromatic rings. The van der Waals surface area contributed by atoms with Gasteiger partial charge in [-0.3, -0.25) is 9.59 Å². The lowest BCUT2D eigenvalue weighted by atomic mass is 9.95. The van der Waals surface area contributed by atoms with Crippen molar-refractivity contribution in [1.29, 1.82) is 0 Å². The summed E-state index contributed by atoms with van der Waals surface area (Å²) in [5, 5.41) is 13.8. The van der Waals surface area contributed by atoms with E-state index in [1.807, 2.05) is 0 Å². The third kappa shape index (κ3) is 4.88. The Kier molecular flexibility index (Phi) is 6.83. The molecule has 1 heterocycles. The van der Waals surface area contributed by atoms with Crippen LogP contribution in [0.1, 0.15) is 32.8 Å². The second kappa shape index (κ2) is 9.27. The lowest BCUT2D eigenvalue weighted by molar-refractivity contribution is -0.123. The van der Waals surface area contributed by atoms with Gasteiger partial charge in [0, 0.05) is 35.8 Å². The summed E-state index contributed by atoms with van der Waals surface area (Å²) in [4.78, 5) is 24.9. The Balaban J connectivity index is 2.09. The summed E-state index contributed by atoms with van der Waals surface area (Å²) >= 11 is 0. The summed E-state index contributed by atoms with van der Waals surface area (Å²) in [6.45, 7) is 6.27. The minimum Gasteiger partial charge on any atom is -0.453 e. The van der Waals surface area contributed by atoms with Gasteiger partial charge in [-0.05, 0) is 31.5 Å². The Hall–Kier alpha value is -3.33. The van der Waals surface area contributed by atoms with Crippen LogP contribution in [0, 0.1) is 29.8 Å². The molecule has 0 saturated heterocycles. The zero-order valence-electron chi connectivity index (χ0n) is 18.7. The van der Waals surface area contributed by atoms with Gasteiger partial charge < -0.3 is 20.2 Å². The van der Waals surface area contributed by atoms with Crippen molar-refractivity contribution in [2.24, 2.45) is 5.41 Å². The zero-order chi connectivity index (χ0) is 24.5. The highest BCUT2D eigenvalue weighted by molar-refractivity contribution is 5.95. The Bertz CT molecular complexity index is 1280. The highest BCUT2D eigenvalue weighted by Crippen LogP contribution is 2.33. The molecule has 0 spiro atoms. The highest BCUT2D eigenvalue weighted by Gasteiger charge is 2.24. The van der Waals surface area contributed by atoms with E-state index in [9.17, 15) is 22.8 Å². The van der Waals surface area contributed by atoms with Gasteiger partial charge in [-0.1, -0.05) is 20.8 Å². The van der Waals surface area contributed by atoms with Gasteiger partial charge in [0.1, 0.15) is 11.6 Å². The summed E-state index contributed by atoms with van der Waals surface area (Å²) < 4.78 is 49.7. The molecule has 6 nitrogen and oxygen atoms in total. The largest absolute Gasteiger partial charge is 0.453 e. The van der Waals surface area contributed by atoms with Gasteiger partial charge in [-0.15, -0.1) is 0 Å². The fourth-order valence-electron chi connectivity index (χ4n) is 3.13. The van der Waals surface area contributed by atoms with Crippen molar-refractivity contribution in [1.82, 2.24) is 0 Å². The van der Waals surface area contributed by atoms with Crippen molar-refractivity contribution in [2.45, 2.75) is 34.1 Å². The van der Waals surface area contributed by atoms with E-state index in [-0.39, 0.29) is 59.1 Å². The van der Waals surface area contributed by atoms with Crippen molar-refractivity contribution in [2.75, 3.05) is 23.8 Å². The van der Waals surface area contributed by atoms with E-state index in [1.165, 1.54) is 19.1 Å². The minimum atomic E-state index is -1.04. The van der Waals surface area contributed by atoms with E-state index >= 15 is 0 Å². The van der Waals surface area contributed by atoms with Crippen LogP contribution >= 0.6 is 0 Å². The first kappa shape index (κ1) is 24.3. The molecule has 9 heteroatoms. The first-order chi connectivity index (χ1) is 15.5. The van der Waals surface area contributed by atoms with E-state index in [0.29, 0.717) is 0 Å². The van der Waals surface area contributed by atoms with Gasteiger partial charge >= 0.3 is 0 Å². The quantitative estimate of drug-likeness (QED) is 0.450. The zero-order valence-corrected chi connectivity index (χ0v) is 18.7. The summed E-state index contributed by atoms with van der Waals surface area (Å²) in [6.07, 6.45) is 0.290. The first-order valence-electron chi connectivity index (χ1n) is 10.4. The molecular weight excluding hydrogens is 437 g/mol. The predicted octanol–water partition coefficient (Wildman–Crippen LogP) is 4.96. The lowest BCUT2D eigenvalue weighted by Gasteiger charge is -2.18. The number of benzene rings is 2. The van der Waals surface area contributed by atoms with Gasteiger partial charge in [-0.2, -0.15) is 0 Å². The smallest absolute Gasteiger partial charge is 0.229 e. The van der Waals surface area contributed by atoms with Crippen molar-refractivity contribution in [3.05, 3.63) is 57.5 Å². The molecule has 0 atom stereocenters. The molecule has 0 bridgehead atoms. The number of rotatable bonds is 6. The number of hydrogen-bond acceptors (Lipinski definition) is 5. The number of anilines is 2. The molecule has 0 saturated carbocycles. The number of aliphatic hydroxyl groups is 1. The first-order valence-corrected chi connectivity index (χ1v) is 10.4. The number of carbonyl (C=O) groups is 1. The predicted molar refractivity (Wildman–Crippen MR) is 121 cm³/mol. The Labute approximate surface area is 188 Å². The van der Waals surface area contributed by atoms with E-state index in [0.717, 1.165) is 12.1 Å². The molecule has 0 aliphatic carbocycles. The molecule has 0 radical (unpaired) electrons. The van der Waals surface area contributed by atoms with Gasteiger partial charge in [-0.25, -0.2) is 13.2 Å². The van der Waals surface area contributed by atoms with Crippen LogP contribution < -0.4 is 16.1 Å². The maximum absolute atomic E-state index is 14.8. The topological polar surface area (TPSA) is 91.6 Å². The SMILES string of the molecule is Cc1c(F)c(NCCCO)c2c(=O)cc(-c3ccc(NC(=O)C(C)(C)C)c(F)c3)oc2c1F. The normalized spacial score (nSPS) is 11.6. The highest BCUT2D eigenvalue weighted by atomic mass is 19.1. The number of amides is 1. The van der Waals surface area contributed by atoms with Crippen LogP contribution in [0.2, 0.25) is 0 Å². The van der Waals surface area contributed by atoms with Crippen LogP contribution in [0.15, 0.2) is 33.5 Å². The number of carbonyl (C=O) groups excluding carboxylic acids is 1. The molecule has 3 N–H and O–H groups in total. The number of aliphatic hydroxyl groups excluding tert-OH is 1. The van der Waals surface area contributed by atoms with Crippen molar-refractivity contribution in [3.8, 4) is 11.3 Å². The van der Waals surface area contributed by atoms with Crippen LogP contribution in [0.3, 0.4) is 0 Å². The average molecular weight is 462 g/mol. The van der Waals surface area contributed by atoms with Gasteiger partial charge in [0.2, 0.25) is 5.91 Å². The molecule has 1 amide bonds. The van der Waals surface area contributed by atoms with E-state index in [4.69, 9.17) is 9.52 Å². The molecule has 0 unspecified atom stereocenters. The number of nitrogens with one attached hydrogen (secondary N) is 2. The van der Waals surface area contributed by atoms with E-state index < -0.39 is 33.9 Å². The molecule has 1 aromatic heterocycles.